The van der Waals surface area contributed by atoms with E-state index < -0.39 is 23.9 Å². The Bertz CT molecular complexity index is 2910. The summed E-state index contributed by atoms with van der Waals surface area (Å²) in [4.78, 5) is 56.3. The first-order valence-electron chi connectivity index (χ1n) is 24.1. The van der Waals surface area contributed by atoms with Crippen molar-refractivity contribution in [2.75, 3.05) is 38.4 Å². The van der Waals surface area contributed by atoms with E-state index in [4.69, 9.17) is 56.5 Å². The summed E-state index contributed by atoms with van der Waals surface area (Å²) in [6, 6.07) is 28.4. The van der Waals surface area contributed by atoms with E-state index in [9.17, 15) is 19.2 Å². The van der Waals surface area contributed by atoms with Crippen molar-refractivity contribution in [1.82, 2.24) is 4.98 Å². The van der Waals surface area contributed by atoms with Crippen molar-refractivity contribution in [2.45, 2.75) is 82.3 Å². The van der Waals surface area contributed by atoms with Gasteiger partial charge >= 0.3 is 23.9 Å². The average Bonchev–Trinajstić information content (AvgIpc) is 4.05. The number of nitrogens with one attached hydrogen (secondary N) is 1. The number of aryl methyl sites for hydroxylation is 2. The molecule has 14 nitrogen and oxygen atoms in total. The maximum absolute atomic E-state index is 13.5. The number of thioether (sulfide) groups is 1. The average molecular weight is 1040 g/mol. The van der Waals surface area contributed by atoms with E-state index in [2.05, 4.69) is 10.3 Å². The third-order valence-electron chi connectivity index (χ3n) is 11.9. The molecule has 2 aliphatic rings. The van der Waals surface area contributed by atoms with E-state index in [0.29, 0.717) is 81.2 Å². The first kappa shape index (κ1) is 52.5. The van der Waals surface area contributed by atoms with E-state index in [1.54, 1.807) is 42.5 Å². The van der Waals surface area contributed by atoms with Gasteiger partial charge in [0, 0.05) is 19.1 Å². The number of fused-ring (bicyclic) bond motifs is 2. The maximum atomic E-state index is 13.5. The number of thiazole rings is 1. The van der Waals surface area contributed by atoms with Gasteiger partial charge < -0.3 is 43.2 Å². The molecule has 2 heterocycles. The molecule has 8 rings (SSSR count). The molecule has 1 saturated carbocycles. The van der Waals surface area contributed by atoms with Gasteiger partial charge in [0.05, 0.1) is 63.8 Å². The minimum absolute atomic E-state index is 0.162. The van der Waals surface area contributed by atoms with E-state index in [0.717, 1.165) is 78.4 Å². The monoisotopic (exact) mass is 1040 g/mol. The lowest BCUT2D eigenvalue weighted by Crippen LogP contribution is -2.18. The number of epoxide rings is 1. The summed E-state index contributed by atoms with van der Waals surface area (Å²) in [6.45, 7) is 6.36. The normalized spacial score (nSPS) is 15.5. The highest BCUT2D eigenvalue weighted by Crippen LogP contribution is 2.40. The van der Waals surface area contributed by atoms with E-state index in [-0.39, 0.29) is 29.4 Å². The van der Waals surface area contributed by atoms with Gasteiger partial charge in [-0.05, 0) is 173 Å². The molecule has 2 fully saturated rings. The molecule has 17 heteroatoms. The third kappa shape index (κ3) is 15.4. The highest BCUT2D eigenvalue weighted by molar-refractivity contribution is 8.23. The fourth-order valence-electron chi connectivity index (χ4n) is 8.13. The number of para-hydroxylation sites is 1. The maximum Gasteiger partial charge on any atom is 0.384 e. The quantitative estimate of drug-likeness (QED) is 0.00938. The number of nitrogens with zero attached hydrogens (tertiary/aromatic N) is 1. The zero-order chi connectivity index (χ0) is 51.1. The minimum atomic E-state index is -0.697. The van der Waals surface area contributed by atoms with Crippen LogP contribution in [0.5, 0.6) is 28.7 Å². The van der Waals surface area contributed by atoms with Gasteiger partial charge in [0.2, 0.25) is 0 Å². The number of esters is 4. The summed E-state index contributed by atoms with van der Waals surface area (Å²) in [5.41, 5.74) is 3.13. The minimum Gasteiger partial charge on any atom is -0.494 e. The molecule has 378 valence electrons. The van der Waals surface area contributed by atoms with Crippen molar-refractivity contribution >= 4 is 78.9 Å². The Hall–Kier alpha value is -6.81. The van der Waals surface area contributed by atoms with E-state index >= 15 is 0 Å². The molecule has 1 aromatic heterocycles. The van der Waals surface area contributed by atoms with Crippen LogP contribution in [-0.4, -0.2) is 78.4 Å². The molecule has 1 N–H and O–H groups in total. The Kier molecular flexibility index (Phi) is 18.5. The summed E-state index contributed by atoms with van der Waals surface area (Å²) in [5, 5.41) is 3.75. The lowest BCUT2D eigenvalue weighted by molar-refractivity contribution is -0.136. The van der Waals surface area contributed by atoms with E-state index in [1.807, 2.05) is 44.0 Å². The van der Waals surface area contributed by atoms with Gasteiger partial charge in [-0.25, -0.2) is 24.2 Å². The summed E-state index contributed by atoms with van der Waals surface area (Å²) in [7, 11) is 0. The summed E-state index contributed by atoms with van der Waals surface area (Å²) in [5.74, 6) is 1.80. The second kappa shape index (κ2) is 25.7. The zero-order valence-corrected chi connectivity index (χ0v) is 42.8. The lowest BCUT2D eigenvalue weighted by atomic mass is 9.90. The third-order valence-corrected chi connectivity index (χ3v) is 14.1. The fraction of sp³-hybridized carbons (Fsp3) is 0.321. The zero-order valence-electron chi connectivity index (χ0n) is 40.4. The molecule has 0 radical (unpaired) electrons. The molecule has 73 heavy (non-hydrogen) atoms. The van der Waals surface area contributed by atoms with Crippen molar-refractivity contribution < 1.29 is 57.1 Å². The largest absolute Gasteiger partial charge is 0.494 e. The molecular formula is C56H54N2O12S3. The number of ether oxygens (including phenoxy) is 8. The number of hydrogen-bond donors (Lipinski definition) is 1. The molecule has 0 bridgehead atoms. The topological polar surface area (TPSA) is 170 Å². The molecule has 3 unspecified atom stereocenters. The Morgan fingerprint density at radius 3 is 2.11 bits per heavy atom. The number of thiocarbonyl (C=S) groups is 1. The Balaban J connectivity index is 0.841. The number of anilines is 1. The molecule has 1 aliphatic carbocycles. The molecule has 3 atom stereocenters. The number of unbranched alkanes of at least 4 members (excludes halogenated alkanes) is 3. The molecule has 0 spiro atoms. The van der Waals surface area contributed by atoms with Gasteiger partial charge in [0.25, 0.3) is 0 Å². The van der Waals surface area contributed by atoms with Gasteiger partial charge in [0.1, 0.15) is 33.1 Å². The van der Waals surface area contributed by atoms with Gasteiger partial charge in [-0.1, -0.05) is 47.4 Å². The van der Waals surface area contributed by atoms with Crippen LogP contribution >= 0.6 is 35.3 Å². The van der Waals surface area contributed by atoms with Crippen LogP contribution in [0.3, 0.4) is 0 Å². The van der Waals surface area contributed by atoms with Gasteiger partial charge in [-0.3, -0.25) is 0 Å². The lowest BCUT2D eigenvalue weighted by Gasteiger charge is -2.18. The summed E-state index contributed by atoms with van der Waals surface area (Å²) in [6.07, 6.45) is 13.5. The Labute approximate surface area is 437 Å². The highest BCUT2D eigenvalue weighted by Gasteiger charge is 2.43. The summed E-state index contributed by atoms with van der Waals surface area (Å²) >= 11 is 8.27. The predicted molar refractivity (Wildman–Crippen MR) is 283 cm³/mol. The Morgan fingerprint density at radius 1 is 0.726 bits per heavy atom. The van der Waals surface area contributed by atoms with Crippen LogP contribution in [-0.2, 0) is 19.0 Å². The second-order valence-corrected chi connectivity index (χ2v) is 20.2. The van der Waals surface area contributed by atoms with Crippen LogP contribution in [0.1, 0.15) is 93.6 Å². The smallest absolute Gasteiger partial charge is 0.384 e. The van der Waals surface area contributed by atoms with E-state index in [1.165, 1.54) is 54.2 Å². The number of terminal acetylenes is 1. The standard InChI is InChI=1S/C56H54N2O12S3/c1-4-50(59)65-28-10-11-29-66-51-35(2)30-40(31-36(51)3)54(62)67-42-21-17-38(18-22-42)52(60)68-43-23-25-46(49(33-43)73-56(71)58-55-57-44-12-6-7-13-48(44)72-55)70-53(61)39-15-19-41(20-16-39)64-27-9-5-8-26-63-34-37-14-24-45-47(32-37)69-45/h1,6-7,12-13,15-23,25,30-31,33,37,45,47H,5,8-11,14,24,26-29,32,34H2,2-3H3,(H,57,58,71). The van der Waals surface area contributed by atoms with Crippen molar-refractivity contribution in [2.24, 2.45) is 5.92 Å². The number of benzene rings is 5. The van der Waals surface area contributed by atoms with Crippen LogP contribution in [0.4, 0.5) is 5.13 Å². The number of rotatable bonds is 23. The van der Waals surface area contributed by atoms with Crippen LogP contribution in [0.25, 0.3) is 10.2 Å². The summed E-state index contributed by atoms with van der Waals surface area (Å²) < 4.78 is 47.0. The van der Waals surface area contributed by atoms with Crippen molar-refractivity contribution in [3.8, 4) is 41.1 Å². The molecular weight excluding hydrogens is 989 g/mol. The number of carbonyl (C=O) groups excluding carboxylic acids is 4. The Morgan fingerprint density at radius 2 is 1.37 bits per heavy atom. The van der Waals surface area contributed by atoms with Crippen molar-refractivity contribution in [3.63, 3.8) is 0 Å². The van der Waals surface area contributed by atoms with Crippen molar-refractivity contribution in [3.05, 3.63) is 131 Å². The fourth-order valence-corrected chi connectivity index (χ4v) is 10.2. The molecule has 1 aliphatic heterocycles. The van der Waals surface area contributed by atoms with Gasteiger partial charge in [-0.2, -0.15) is 0 Å². The van der Waals surface area contributed by atoms with Crippen LogP contribution < -0.4 is 29.0 Å². The molecule has 5 aromatic carbocycles. The van der Waals surface area contributed by atoms with Crippen LogP contribution in [0, 0.1) is 32.1 Å². The number of carbonyl (C=O) groups is 4. The first-order chi connectivity index (χ1) is 35.5. The van der Waals surface area contributed by atoms with Crippen LogP contribution in [0.2, 0.25) is 0 Å². The number of aromatic nitrogens is 1. The highest BCUT2D eigenvalue weighted by atomic mass is 32.2. The number of hydrogen-bond acceptors (Lipinski definition) is 16. The first-order valence-corrected chi connectivity index (χ1v) is 26.1. The van der Waals surface area contributed by atoms with Crippen molar-refractivity contribution in [1.29, 1.82) is 0 Å². The molecule has 0 amide bonds. The van der Waals surface area contributed by atoms with Gasteiger partial charge in [0.15, 0.2) is 5.13 Å². The van der Waals surface area contributed by atoms with Crippen LogP contribution in [0.15, 0.2) is 108 Å². The second-order valence-electron chi connectivity index (χ2n) is 17.5. The SMILES string of the molecule is C#CC(=O)OCCCCOc1c(C)cc(C(=O)Oc2ccc(C(=O)Oc3ccc(OC(=O)c4ccc(OCCCCCOCC5CCC6OC6C5)cc4)c(SC(=S)Nc4nc5ccccc5s4)c3)cc2)cc1C. The predicted octanol–water partition coefficient (Wildman–Crippen LogP) is 11.5. The molecule has 1 saturated heterocycles. The van der Waals surface area contributed by atoms with Gasteiger partial charge in [-0.15, -0.1) is 6.42 Å². The molecule has 6 aromatic rings.